The number of nitrogens with one attached hydrogen (secondary N) is 1. The molecule has 0 aliphatic heterocycles. The highest BCUT2D eigenvalue weighted by Gasteiger charge is 2.21. The molecule has 3 N–H and O–H groups in total. The van der Waals surface area contributed by atoms with E-state index in [2.05, 4.69) is 29.1 Å². The quantitative estimate of drug-likeness (QED) is 0.789. The van der Waals surface area contributed by atoms with Crippen LogP contribution in [0.25, 0.3) is 0 Å². The van der Waals surface area contributed by atoms with Gasteiger partial charge in [-0.05, 0) is 44.2 Å². The maximum atomic E-state index is 13.6. The molecule has 0 spiro atoms. The summed E-state index contributed by atoms with van der Waals surface area (Å²) in [5, 5.41) is 3.11. The lowest BCUT2D eigenvalue weighted by atomic mass is 9.91. The van der Waals surface area contributed by atoms with Gasteiger partial charge >= 0.3 is 0 Å². The number of hydrogen-bond donors (Lipinski definition) is 2. The van der Waals surface area contributed by atoms with Gasteiger partial charge in [0.25, 0.3) is 0 Å². The molecule has 0 bridgehead atoms. The lowest BCUT2D eigenvalue weighted by Gasteiger charge is -2.28. The zero-order valence-electron chi connectivity index (χ0n) is 11.9. The summed E-state index contributed by atoms with van der Waals surface area (Å²) in [6.45, 7) is 8.12. The van der Waals surface area contributed by atoms with Crippen molar-refractivity contribution in [3.63, 3.8) is 0 Å². The van der Waals surface area contributed by atoms with Crippen LogP contribution < -0.4 is 11.1 Å². The first-order chi connectivity index (χ1) is 8.67. The largest absolute Gasteiger partial charge is 0.365 e. The minimum absolute atomic E-state index is 0.0270. The zero-order valence-corrected chi connectivity index (χ0v) is 12.6. The highest BCUT2D eigenvalue weighted by molar-refractivity contribution is 6.28. The Morgan fingerprint density at radius 3 is 2.63 bits per heavy atom. The van der Waals surface area contributed by atoms with Crippen LogP contribution in [0.1, 0.15) is 40.5 Å². The Balaban J connectivity index is 2.84. The van der Waals surface area contributed by atoms with E-state index in [4.69, 9.17) is 17.3 Å². The van der Waals surface area contributed by atoms with Gasteiger partial charge in [0.1, 0.15) is 0 Å². The minimum atomic E-state index is -0.506. The van der Waals surface area contributed by atoms with Crippen LogP contribution in [0.4, 0.5) is 10.2 Å². The zero-order chi connectivity index (χ0) is 14.6. The number of hydrogen-bond acceptors (Lipinski definition) is 4. The van der Waals surface area contributed by atoms with E-state index >= 15 is 0 Å². The monoisotopic (exact) mass is 288 g/mol. The molecule has 0 fully saturated rings. The SMILES string of the molecule is CC(C)CC(CC(C)(C)N)Nc1nc(Cl)ncc1F. The van der Waals surface area contributed by atoms with Gasteiger partial charge in [-0.25, -0.2) is 9.37 Å². The summed E-state index contributed by atoms with van der Waals surface area (Å²) in [5.41, 5.74) is 5.71. The molecule has 1 aromatic rings. The second-order valence-corrected chi connectivity index (χ2v) is 6.34. The lowest BCUT2D eigenvalue weighted by Crippen LogP contribution is -2.39. The van der Waals surface area contributed by atoms with Crippen molar-refractivity contribution in [2.45, 2.75) is 52.1 Å². The number of halogens is 2. The van der Waals surface area contributed by atoms with Crippen molar-refractivity contribution in [2.75, 3.05) is 5.32 Å². The summed E-state index contributed by atoms with van der Waals surface area (Å²) < 4.78 is 13.6. The lowest BCUT2D eigenvalue weighted by molar-refractivity contribution is 0.393. The smallest absolute Gasteiger partial charge is 0.224 e. The van der Waals surface area contributed by atoms with Gasteiger partial charge in [-0.3, -0.25) is 0 Å². The van der Waals surface area contributed by atoms with E-state index in [1.807, 2.05) is 13.8 Å². The molecule has 0 aromatic carbocycles. The third kappa shape index (κ3) is 6.16. The summed E-state index contributed by atoms with van der Waals surface area (Å²) in [5.74, 6) is 0.100. The summed E-state index contributed by atoms with van der Waals surface area (Å²) in [4.78, 5) is 7.47. The van der Waals surface area contributed by atoms with Gasteiger partial charge < -0.3 is 11.1 Å². The van der Waals surface area contributed by atoms with Crippen molar-refractivity contribution in [1.82, 2.24) is 9.97 Å². The van der Waals surface area contributed by atoms with Crippen LogP contribution in [0.15, 0.2) is 6.20 Å². The molecule has 1 atom stereocenters. The van der Waals surface area contributed by atoms with E-state index in [9.17, 15) is 4.39 Å². The second kappa shape index (κ2) is 6.48. The number of anilines is 1. The van der Waals surface area contributed by atoms with Gasteiger partial charge in [-0.15, -0.1) is 0 Å². The van der Waals surface area contributed by atoms with Crippen molar-refractivity contribution in [2.24, 2.45) is 11.7 Å². The molecular formula is C13H22ClFN4. The Hall–Kier alpha value is -0.940. The first-order valence-corrected chi connectivity index (χ1v) is 6.78. The molecule has 0 aliphatic carbocycles. The summed E-state index contributed by atoms with van der Waals surface area (Å²) >= 11 is 5.69. The van der Waals surface area contributed by atoms with E-state index < -0.39 is 5.82 Å². The van der Waals surface area contributed by atoms with E-state index in [1.165, 1.54) is 0 Å². The molecule has 6 heteroatoms. The van der Waals surface area contributed by atoms with Crippen molar-refractivity contribution in [1.29, 1.82) is 0 Å². The van der Waals surface area contributed by atoms with Crippen LogP contribution in [-0.4, -0.2) is 21.5 Å². The first-order valence-electron chi connectivity index (χ1n) is 6.41. The first kappa shape index (κ1) is 16.1. The van der Waals surface area contributed by atoms with Crippen molar-refractivity contribution in [3.05, 3.63) is 17.3 Å². The predicted octanol–water partition coefficient (Wildman–Crippen LogP) is 3.22. The minimum Gasteiger partial charge on any atom is -0.365 e. The van der Waals surface area contributed by atoms with Crippen LogP contribution in [0, 0.1) is 11.7 Å². The van der Waals surface area contributed by atoms with E-state index in [-0.39, 0.29) is 22.7 Å². The highest BCUT2D eigenvalue weighted by atomic mass is 35.5. The fraction of sp³-hybridized carbons (Fsp3) is 0.692. The Morgan fingerprint density at radius 2 is 2.11 bits per heavy atom. The van der Waals surface area contributed by atoms with E-state index in [1.54, 1.807) is 0 Å². The third-order valence-corrected chi connectivity index (χ3v) is 2.77. The maximum Gasteiger partial charge on any atom is 0.224 e. The molecule has 19 heavy (non-hydrogen) atoms. The van der Waals surface area contributed by atoms with Crippen molar-refractivity contribution in [3.8, 4) is 0 Å². The highest BCUT2D eigenvalue weighted by Crippen LogP contribution is 2.21. The average molecular weight is 289 g/mol. The fourth-order valence-corrected chi connectivity index (χ4v) is 2.17. The molecule has 0 amide bonds. The van der Waals surface area contributed by atoms with Crippen LogP contribution in [0.2, 0.25) is 5.28 Å². The van der Waals surface area contributed by atoms with E-state index in [0.29, 0.717) is 12.3 Å². The molecule has 1 rings (SSSR count). The topological polar surface area (TPSA) is 63.8 Å². The van der Waals surface area contributed by atoms with Crippen LogP contribution in [0.3, 0.4) is 0 Å². The Labute approximate surface area is 119 Å². The molecule has 4 nitrogen and oxygen atoms in total. The van der Waals surface area contributed by atoms with Gasteiger partial charge in [0.2, 0.25) is 5.28 Å². The second-order valence-electron chi connectivity index (χ2n) is 6.00. The van der Waals surface area contributed by atoms with Crippen LogP contribution in [0.5, 0.6) is 0 Å². The van der Waals surface area contributed by atoms with Gasteiger partial charge in [-0.1, -0.05) is 13.8 Å². The van der Waals surface area contributed by atoms with Gasteiger partial charge in [0.15, 0.2) is 11.6 Å². The normalized spacial score (nSPS) is 13.7. The Kier molecular flexibility index (Phi) is 5.50. The molecule has 1 aromatic heterocycles. The summed E-state index contributed by atoms with van der Waals surface area (Å²) in [7, 11) is 0. The summed E-state index contributed by atoms with van der Waals surface area (Å²) in [6, 6.07) is 0.0421. The third-order valence-electron chi connectivity index (χ3n) is 2.58. The van der Waals surface area contributed by atoms with E-state index in [0.717, 1.165) is 12.6 Å². The number of nitrogens with two attached hydrogens (primary N) is 1. The fourth-order valence-electron chi connectivity index (χ4n) is 2.04. The number of rotatable bonds is 6. The van der Waals surface area contributed by atoms with Crippen LogP contribution in [-0.2, 0) is 0 Å². The van der Waals surface area contributed by atoms with Gasteiger partial charge in [-0.2, -0.15) is 4.98 Å². The maximum absolute atomic E-state index is 13.6. The molecule has 108 valence electrons. The molecule has 0 saturated heterocycles. The molecule has 1 heterocycles. The number of nitrogens with zero attached hydrogens (tertiary/aromatic N) is 2. The molecule has 1 unspecified atom stereocenters. The van der Waals surface area contributed by atoms with Crippen molar-refractivity contribution >= 4 is 17.4 Å². The molecule has 0 saturated carbocycles. The van der Waals surface area contributed by atoms with Crippen LogP contribution >= 0.6 is 11.6 Å². The Morgan fingerprint density at radius 1 is 1.47 bits per heavy atom. The van der Waals surface area contributed by atoms with Gasteiger partial charge in [0, 0.05) is 11.6 Å². The standard InChI is InChI=1S/C13H22ClFN4/c1-8(2)5-9(6-13(3,4)16)18-11-10(15)7-17-12(14)19-11/h7-9H,5-6,16H2,1-4H3,(H,17,18,19). The number of aromatic nitrogens is 2. The Bertz CT molecular complexity index is 418. The molecule has 0 aliphatic rings. The molecule has 0 radical (unpaired) electrons. The molecular weight excluding hydrogens is 267 g/mol. The summed E-state index contributed by atoms with van der Waals surface area (Å²) in [6.07, 6.45) is 2.66. The van der Waals surface area contributed by atoms with Gasteiger partial charge in [0.05, 0.1) is 6.20 Å². The average Bonchev–Trinajstić information content (AvgIpc) is 2.20. The predicted molar refractivity (Wildman–Crippen MR) is 76.7 cm³/mol. The van der Waals surface area contributed by atoms with Crippen molar-refractivity contribution < 1.29 is 4.39 Å².